The van der Waals surface area contributed by atoms with Crippen molar-refractivity contribution in [3.8, 4) is 0 Å². The summed E-state index contributed by atoms with van der Waals surface area (Å²) in [5.41, 5.74) is 5.26. The number of carbonyl (C=O) groups is 5. The smallest absolute Gasteiger partial charge is 0.272 e. The van der Waals surface area contributed by atoms with Gasteiger partial charge in [-0.2, -0.15) is 5.10 Å². The number of halogens is 1. The number of benzene rings is 2. The standard InChI is InChI=1S/C40H42ClN9O5/c1-42-33-10-8-29(19-32(33)41)47(2)27-6-3-25(4-7-27)43-37(52)34-9-5-26(45-46-34)22-48-15-13-28(14-16-48)49-20-23-17-30-31(18-24(23)21-49)40(55)50(39(30)54)35-11-12-36(51)44-38(35)53/h5,8-10,17-19,25,27-28,35H,3-4,6-7,11-16,20-22H2,2H3,(H,43,52)(H,44,51,53). The van der Waals surface area contributed by atoms with Crippen molar-refractivity contribution in [2.24, 2.45) is 0 Å². The number of nitrogens with zero attached hydrogens (tertiary/aromatic N) is 7. The zero-order valence-electron chi connectivity index (χ0n) is 30.6. The van der Waals surface area contributed by atoms with Gasteiger partial charge in [-0.05, 0) is 92.5 Å². The monoisotopic (exact) mass is 763 g/mol. The van der Waals surface area contributed by atoms with Crippen molar-refractivity contribution in [3.05, 3.63) is 92.5 Å². The Labute approximate surface area is 324 Å². The Bertz CT molecular complexity index is 2060. The molecular weight excluding hydrogens is 722 g/mol. The molecule has 1 unspecified atom stereocenters. The molecule has 4 aliphatic heterocycles. The summed E-state index contributed by atoms with van der Waals surface area (Å²) in [5.74, 6) is -2.16. The molecule has 284 valence electrons. The van der Waals surface area contributed by atoms with Gasteiger partial charge in [0.15, 0.2) is 5.69 Å². The van der Waals surface area contributed by atoms with E-state index in [2.05, 4.69) is 40.4 Å². The summed E-state index contributed by atoms with van der Waals surface area (Å²) in [5, 5.41) is 14.5. The highest BCUT2D eigenvalue weighted by molar-refractivity contribution is 6.33. The van der Waals surface area contributed by atoms with Crippen molar-refractivity contribution in [1.29, 1.82) is 0 Å². The highest BCUT2D eigenvalue weighted by Gasteiger charge is 2.45. The van der Waals surface area contributed by atoms with Crippen LogP contribution in [0.1, 0.15) is 99.4 Å². The molecule has 3 fully saturated rings. The molecule has 2 saturated heterocycles. The van der Waals surface area contributed by atoms with Crippen LogP contribution >= 0.6 is 11.6 Å². The predicted molar refractivity (Wildman–Crippen MR) is 202 cm³/mol. The maximum absolute atomic E-state index is 13.3. The quantitative estimate of drug-likeness (QED) is 0.252. The van der Waals surface area contributed by atoms with Crippen molar-refractivity contribution < 1.29 is 24.0 Å². The number of rotatable bonds is 8. The van der Waals surface area contributed by atoms with Crippen LogP contribution in [0.25, 0.3) is 4.85 Å². The van der Waals surface area contributed by atoms with Gasteiger partial charge < -0.3 is 10.2 Å². The number of imide groups is 2. The third-order valence-electron chi connectivity index (χ3n) is 12.0. The van der Waals surface area contributed by atoms with E-state index in [1.807, 2.05) is 37.4 Å². The summed E-state index contributed by atoms with van der Waals surface area (Å²) < 4.78 is 0. The van der Waals surface area contributed by atoms with Crippen LogP contribution in [0, 0.1) is 6.57 Å². The van der Waals surface area contributed by atoms with E-state index in [-0.39, 0.29) is 24.8 Å². The van der Waals surface area contributed by atoms with E-state index in [0.29, 0.717) is 59.2 Å². The first kappa shape index (κ1) is 36.7. The van der Waals surface area contributed by atoms with Gasteiger partial charge >= 0.3 is 0 Å². The molecule has 1 aromatic heterocycles. The van der Waals surface area contributed by atoms with Crippen molar-refractivity contribution in [2.45, 2.75) is 95.2 Å². The number of nitrogens with one attached hydrogen (secondary N) is 2. The van der Waals surface area contributed by atoms with Gasteiger partial charge in [-0.1, -0.05) is 17.7 Å². The molecule has 1 saturated carbocycles. The zero-order chi connectivity index (χ0) is 38.4. The van der Waals surface area contributed by atoms with Crippen molar-refractivity contribution in [2.75, 3.05) is 25.0 Å². The second kappa shape index (κ2) is 15.1. The van der Waals surface area contributed by atoms with Crippen LogP contribution in [0.2, 0.25) is 5.02 Å². The van der Waals surface area contributed by atoms with Crippen LogP contribution in [0.3, 0.4) is 0 Å². The minimum Gasteiger partial charge on any atom is -0.372 e. The van der Waals surface area contributed by atoms with E-state index in [0.717, 1.165) is 79.0 Å². The number of carbonyl (C=O) groups excluding carboxylic acids is 5. The Kier molecular flexibility index (Phi) is 10.1. The van der Waals surface area contributed by atoms with Crippen LogP contribution in [-0.2, 0) is 29.2 Å². The van der Waals surface area contributed by atoms with Crippen LogP contribution in [0.15, 0.2) is 42.5 Å². The molecule has 1 aliphatic carbocycles. The third kappa shape index (κ3) is 7.31. The molecule has 2 N–H and O–H groups in total. The molecule has 5 heterocycles. The van der Waals surface area contributed by atoms with Crippen molar-refractivity contribution in [1.82, 2.24) is 35.5 Å². The SMILES string of the molecule is [C-]#[N+]c1ccc(N(C)C2CCC(NC(=O)c3ccc(CN4CCC(N5Cc6cc7c(cc6C5)C(=O)N(C5CCC(=O)NC5=O)C7=O)CC4)nn3)CC2)cc1Cl. The number of likely N-dealkylation sites (tertiary alicyclic amines) is 1. The van der Waals surface area contributed by atoms with E-state index < -0.39 is 29.7 Å². The average molecular weight is 764 g/mol. The largest absolute Gasteiger partial charge is 0.372 e. The lowest BCUT2D eigenvalue weighted by Crippen LogP contribution is -2.54. The van der Waals surface area contributed by atoms with Gasteiger partial charge in [0, 0.05) is 75.0 Å². The molecule has 5 aliphatic rings. The Morgan fingerprint density at radius 2 is 1.62 bits per heavy atom. The fraction of sp³-hybridized carbons (Fsp3) is 0.450. The first-order chi connectivity index (χ1) is 26.6. The van der Waals surface area contributed by atoms with E-state index in [1.165, 1.54) is 0 Å². The summed E-state index contributed by atoms with van der Waals surface area (Å²) in [6.45, 7) is 11.0. The topological polar surface area (TPSA) is 153 Å². The molecule has 15 heteroatoms. The Morgan fingerprint density at radius 1 is 0.927 bits per heavy atom. The Hall–Kier alpha value is -5.23. The maximum Gasteiger partial charge on any atom is 0.272 e. The van der Waals surface area contributed by atoms with Gasteiger partial charge in [-0.3, -0.25) is 44.0 Å². The molecule has 3 aromatic rings. The number of hydrogen-bond donors (Lipinski definition) is 2. The van der Waals surface area contributed by atoms with Gasteiger partial charge in [0.25, 0.3) is 17.7 Å². The van der Waals surface area contributed by atoms with Gasteiger partial charge in [0.1, 0.15) is 6.04 Å². The molecule has 5 amide bonds. The number of amides is 5. The highest BCUT2D eigenvalue weighted by Crippen LogP contribution is 2.36. The second-order valence-electron chi connectivity index (χ2n) is 15.3. The molecule has 8 rings (SSSR count). The van der Waals surface area contributed by atoms with Crippen molar-refractivity contribution in [3.63, 3.8) is 0 Å². The maximum atomic E-state index is 13.3. The fourth-order valence-electron chi connectivity index (χ4n) is 8.77. The molecule has 0 bridgehead atoms. The first-order valence-electron chi connectivity index (χ1n) is 18.9. The summed E-state index contributed by atoms with van der Waals surface area (Å²) in [4.78, 5) is 75.1. The van der Waals surface area contributed by atoms with E-state index >= 15 is 0 Å². The molecule has 0 spiro atoms. The lowest BCUT2D eigenvalue weighted by Gasteiger charge is -2.36. The van der Waals surface area contributed by atoms with Gasteiger partial charge in [0.2, 0.25) is 17.5 Å². The van der Waals surface area contributed by atoms with Crippen LogP contribution < -0.4 is 15.5 Å². The third-order valence-corrected chi connectivity index (χ3v) is 12.3. The summed E-state index contributed by atoms with van der Waals surface area (Å²) >= 11 is 6.26. The number of fused-ring (bicyclic) bond motifs is 2. The van der Waals surface area contributed by atoms with Gasteiger partial charge in [0.05, 0.1) is 23.4 Å². The second-order valence-corrected chi connectivity index (χ2v) is 15.7. The van der Waals surface area contributed by atoms with E-state index in [9.17, 15) is 24.0 Å². The van der Waals surface area contributed by atoms with Crippen LogP contribution in [0.4, 0.5) is 11.4 Å². The van der Waals surface area contributed by atoms with Crippen LogP contribution in [-0.4, -0.2) is 98.7 Å². The summed E-state index contributed by atoms with van der Waals surface area (Å²) in [7, 11) is 2.04. The molecule has 2 aromatic carbocycles. The number of anilines is 1. The van der Waals surface area contributed by atoms with E-state index in [1.54, 1.807) is 12.1 Å². The molecule has 0 radical (unpaired) electrons. The molecule has 14 nitrogen and oxygen atoms in total. The highest BCUT2D eigenvalue weighted by atomic mass is 35.5. The number of piperidine rings is 2. The molecule has 55 heavy (non-hydrogen) atoms. The number of aromatic nitrogens is 2. The van der Waals surface area contributed by atoms with Crippen LogP contribution in [0.5, 0.6) is 0 Å². The fourth-order valence-corrected chi connectivity index (χ4v) is 8.99. The van der Waals surface area contributed by atoms with E-state index in [4.69, 9.17) is 18.2 Å². The van der Waals surface area contributed by atoms with Gasteiger partial charge in [-0.15, -0.1) is 5.10 Å². The lowest BCUT2D eigenvalue weighted by molar-refractivity contribution is -0.136. The average Bonchev–Trinajstić information content (AvgIpc) is 3.71. The normalized spacial score (nSPS) is 23.3. The Balaban J connectivity index is 0.784. The number of hydrogen-bond acceptors (Lipinski definition) is 10. The Morgan fingerprint density at radius 3 is 2.22 bits per heavy atom. The van der Waals surface area contributed by atoms with Crippen molar-refractivity contribution >= 4 is 52.5 Å². The lowest BCUT2D eigenvalue weighted by atomic mass is 9.90. The zero-order valence-corrected chi connectivity index (χ0v) is 31.3. The first-order valence-corrected chi connectivity index (χ1v) is 19.3. The van der Waals surface area contributed by atoms with Gasteiger partial charge in [-0.25, -0.2) is 4.85 Å². The minimum atomic E-state index is -0.968. The molecule has 1 atom stereocenters. The summed E-state index contributed by atoms with van der Waals surface area (Å²) in [6.07, 6.45) is 5.71. The minimum absolute atomic E-state index is 0.0672. The summed E-state index contributed by atoms with van der Waals surface area (Å²) in [6, 6.07) is 12.6. The molecular formula is C40H42ClN9O5. The predicted octanol–water partition coefficient (Wildman–Crippen LogP) is 4.24.